The first-order chi connectivity index (χ1) is 15.1. The molecule has 5 heteroatoms. The molecule has 162 valence electrons. The fourth-order valence-electron chi connectivity index (χ4n) is 4.16. The Balaban J connectivity index is 1.76. The SMILES string of the molecule is CCCCN1CN(c2ccc(CC)cc2)c2nc(C)c(Cc3ccccc3)c(=O)n2C1. The third kappa shape index (κ3) is 4.57. The van der Waals surface area contributed by atoms with Crippen LogP contribution >= 0.6 is 0 Å². The average molecular weight is 417 g/mol. The first-order valence-corrected chi connectivity index (χ1v) is 11.3. The van der Waals surface area contributed by atoms with Gasteiger partial charge in [0.2, 0.25) is 5.95 Å². The Labute approximate surface area is 185 Å². The number of unbranched alkanes of at least 4 members (excludes halogenated alkanes) is 1. The quantitative estimate of drug-likeness (QED) is 0.551. The van der Waals surface area contributed by atoms with Crippen molar-refractivity contribution in [2.45, 2.75) is 53.1 Å². The Kier molecular flexibility index (Phi) is 6.52. The Hall–Kier alpha value is -2.92. The lowest BCUT2D eigenvalue weighted by atomic mass is 10.1. The lowest BCUT2D eigenvalue weighted by Gasteiger charge is -2.38. The van der Waals surface area contributed by atoms with Crippen LogP contribution in [0.15, 0.2) is 59.4 Å². The van der Waals surface area contributed by atoms with Crippen LogP contribution in [0.2, 0.25) is 0 Å². The standard InChI is InChI=1S/C26H32N4O/c1-4-6-16-28-18-29(23-14-12-21(5-2)13-15-23)26-27-20(3)24(25(31)30(26)19-28)17-22-10-8-7-9-11-22/h7-15H,4-6,16-19H2,1-3H3. The van der Waals surface area contributed by atoms with E-state index in [1.165, 1.54) is 5.56 Å². The predicted octanol–water partition coefficient (Wildman–Crippen LogP) is 4.87. The Morgan fingerprint density at radius 3 is 2.35 bits per heavy atom. The lowest BCUT2D eigenvalue weighted by molar-refractivity contribution is 0.195. The molecule has 2 aromatic carbocycles. The fraction of sp³-hybridized carbons (Fsp3) is 0.385. The van der Waals surface area contributed by atoms with Gasteiger partial charge in [-0.05, 0) is 43.0 Å². The monoisotopic (exact) mass is 416 g/mol. The smallest absolute Gasteiger partial charge is 0.259 e. The van der Waals surface area contributed by atoms with Gasteiger partial charge in [-0.15, -0.1) is 0 Å². The highest BCUT2D eigenvalue weighted by atomic mass is 16.1. The molecule has 31 heavy (non-hydrogen) atoms. The highest BCUT2D eigenvalue weighted by molar-refractivity contribution is 5.59. The number of anilines is 2. The number of aryl methyl sites for hydroxylation is 2. The maximum absolute atomic E-state index is 13.6. The van der Waals surface area contributed by atoms with E-state index in [0.29, 0.717) is 13.1 Å². The molecule has 0 spiro atoms. The fourth-order valence-corrected chi connectivity index (χ4v) is 4.16. The topological polar surface area (TPSA) is 41.4 Å². The zero-order valence-electron chi connectivity index (χ0n) is 18.8. The van der Waals surface area contributed by atoms with Crippen LogP contribution in [0.25, 0.3) is 0 Å². The van der Waals surface area contributed by atoms with Crippen molar-refractivity contribution in [1.82, 2.24) is 14.5 Å². The Morgan fingerprint density at radius 2 is 1.68 bits per heavy atom. The molecule has 0 saturated carbocycles. The Morgan fingerprint density at radius 1 is 0.935 bits per heavy atom. The van der Waals surface area contributed by atoms with Gasteiger partial charge in [-0.3, -0.25) is 19.2 Å². The van der Waals surface area contributed by atoms with Gasteiger partial charge in [0.1, 0.15) is 0 Å². The summed E-state index contributed by atoms with van der Waals surface area (Å²) in [6.45, 7) is 8.63. The molecule has 0 amide bonds. The molecule has 0 saturated heterocycles. The molecule has 0 N–H and O–H groups in total. The molecule has 0 radical (unpaired) electrons. The van der Waals surface area contributed by atoms with Gasteiger partial charge in [-0.1, -0.05) is 62.7 Å². The van der Waals surface area contributed by atoms with Crippen LogP contribution in [-0.4, -0.2) is 27.7 Å². The summed E-state index contributed by atoms with van der Waals surface area (Å²) in [4.78, 5) is 23.1. The molecule has 3 aromatic rings. The summed E-state index contributed by atoms with van der Waals surface area (Å²) in [7, 11) is 0. The van der Waals surface area contributed by atoms with Crippen LogP contribution in [0.1, 0.15) is 49.1 Å². The minimum Gasteiger partial charge on any atom is -0.298 e. The Bertz CT molecular complexity index is 1070. The van der Waals surface area contributed by atoms with E-state index < -0.39 is 0 Å². The molecule has 0 fully saturated rings. The second-order valence-corrected chi connectivity index (χ2v) is 8.35. The summed E-state index contributed by atoms with van der Waals surface area (Å²) in [5, 5.41) is 0. The molecule has 2 heterocycles. The second kappa shape index (κ2) is 9.48. The number of fused-ring (bicyclic) bond motifs is 1. The minimum absolute atomic E-state index is 0.0720. The molecular weight excluding hydrogens is 384 g/mol. The largest absolute Gasteiger partial charge is 0.298 e. The van der Waals surface area contributed by atoms with Gasteiger partial charge in [0.15, 0.2) is 0 Å². The van der Waals surface area contributed by atoms with Gasteiger partial charge in [0, 0.05) is 24.2 Å². The molecule has 1 aliphatic heterocycles. The van der Waals surface area contributed by atoms with E-state index in [-0.39, 0.29) is 5.56 Å². The third-order valence-electron chi connectivity index (χ3n) is 6.08. The number of rotatable bonds is 7. The number of hydrogen-bond acceptors (Lipinski definition) is 4. The van der Waals surface area contributed by atoms with Crippen molar-refractivity contribution in [3.05, 3.63) is 87.3 Å². The average Bonchev–Trinajstić information content (AvgIpc) is 2.81. The van der Waals surface area contributed by atoms with Gasteiger partial charge < -0.3 is 0 Å². The highest BCUT2D eigenvalue weighted by Crippen LogP contribution is 2.28. The summed E-state index contributed by atoms with van der Waals surface area (Å²) < 4.78 is 1.86. The second-order valence-electron chi connectivity index (χ2n) is 8.35. The van der Waals surface area contributed by atoms with E-state index in [2.05, 4.69) is 60.0 Å². The summed E-state index contributed by atoms with van der Waals surface area (Å²) in [5.41, 5.74) is 5.20. The van der Waals surface area contributed by atoms with E-state index in [1.807, 2.05) is 29.7 Å². The molecule has 0 atom stereocenters. The van der Waals surface area contributed by atoms with Crippen LogP contribution in [-0.2, 0) is 19.5 Å². The van der Waals surface area contributed by atoms with E-state index in [4.69, 9.17) is 4.98 Å². The lowest BCUT2D eigenvalue weighted by Crippen LogP contribution is -2.48. The minimum atomic E-state index is 0.0720. The van der Waals surface area contributed by atoms with Crippen molar-refractivity contribution in [3.63, 3.8) is 0 Å². The highest BCUT2D eigenvalue weighted by Gasteiger charge is 2.27. The summed E-state index contributed by atoms with van der Waals surface area (Å²) in [6, 6.07) is 18.8. The van der Waals surface area contributed by atoms with Crippen molar-refractivity contribution in [3.8, 4) is 0 Å². The third-order valence-corrected chi connectivity index (χ3v) is 6.08. The molecule has 4 rings (SSSR count). The first-order valence-electron chi connectivity index (χ1n) is 11.3. The van der Waals surface area contributed by atoms with E-state index in [1.54, 1.807) is 0 Å². The van der Waals surface area contributed by atoms with E-state index in [0.717, 1.165) is 60.9 Å². The van der Waals surface area contributed by atoms with Crippen molar-refractivity contribution in [2.75, 3.05) is 18.1 Å². The number of nitrogens with zero attached hydrogens (tertiary/aromatic N) is 4. The van der Waals surface area contributed by atoms with Crippen LogP contribution in [0.5, 0.6) is 0 Å². The van der Waals surface area contributed by atoms with Gasteiger partial charge in [0.05, 0.1) is 19.0 Å². The van der Waals surface area contributed by atoms with Gasteiger partial charge in [0.25, 0.3) is 5.56 Å². The molecule has 5 nitrogen and oxygen atoms in total. The molecule has 0 bridgehead atoms. The maximum Gasteiger partial charge on any atom is 0.259 e. The van der Waals surface area contributed by atoms with Gasteiger partial charge in [-0.25, -0.2) is 4.98 Å². The summed E-state index contributed by atoms with van der Waals surface area (Å²) in [5.74, 6) is 0.747. The van der Waals surface area contributed by atoms with Gasteiger partial charge in [-0.2, -0.15) is 0 Å². The number of benzene rings is 2. The van der Waals surface area contributed by atoms with Crippen molar-refractivity contribution < 1.29 is 0 Å². The van der Waals surface area contributed by atoms with Crippen molar-refractivity contribution in [1.29, 1.82) is 0 Å². The predicted molar refractivity (Wildman–Crippen MR) is 127 cm³/mol. The van der Waals surface area contributed by atoms with Crippen LogP contribution in [0, 0.1) is 6.92 Å². The van der Waals surface area contributed by atoms with Crippen LogP contribution in [0.3, 0.4) is 0 Å². The molecule has 0 aliphatic carbocycles. The summed E-state index contributed by atoms with van der Waals surface area (Å²) >= 11 is 0. The zero-order chi connectivity index (χ0) is 21.8. The maximum atomic E-state index is 13.6. The normalized spacial score (nSPS) is 14.0. The van der Waals surface area contributed by atoms with Gasteiger partial charge >= 0.3 is 0 Å². The number of aromatic nitrogens is 2. The number of hydrogen-bond donors (Lipinski definition) is 0. The summed E-state index contributed by atoms with van der Waals surface area (Å²) in [6.07, 6.45) is 3.87. The molecule has 1 aromatic heterocycles. The molecule has 0 unspecified atom stereocenters. The van der Waals surface area contributed by atoms with Crippen molar-refractivity contribution in [2.24, 2.45) is 0 Å². The van der Waals surface area contributed by atoms with E-state index >= 15 is 0 Å². The first kappa shape index (κ1) is 21.3. The zero-order valence-corrected chi connectivity index (χ0v) is 18.8. The molecular formula is C26H32N4O. The molecule has 1 aliphatic rings. The van der Waals surface area contributed by atoms with Crippen molar-refractivity contribution >= 4 is 11.6 Å². The van der Waals surface area contributed by atoms with Crippen LogP contribution in [0.4, 0.5) is 11.6 Å². The van der Waals surface area contributed by atoms with Crippen LogP contribution < -0.4 is 10.5 Å². The van der Waals surface area contributed by atoms with E-state index in [9.17, 15) is 4.79 Å².